The van der Waals surface area contributed by atoms with E-state index in [-0.39, 0.29) is 24.2 Å². The van der Waals surface area contributed by atoms with Crippen LogP contribution in [0.1, 0.15) is 59.8 Å². The van der Waals surface area contributed by atoms with Gasteiger partial charge in [-0.15, -0.1) is 0 Å². The molecule has 1 aromatic heterocycles. The van der Waals surface area contributed by atoms with Crippen LogP contribution >= 0.6 is 0 Å². The molecule has 3 N–H and O–H groups in total. The van der Waals surface area contributed by atoms with Crippen molar-refractivity contribution < 1.29 is 14.3 Å². The first kappa shape index (κ1) is 24.2. The van der Waals surface area contributed by atoms with Gasteiger partial charge in [-0.3, -0.25) is 9.36 Å². The predicted molar refractivity (Wildman–Crippen MR) is 136 cm³/mol. The first-order valence-electron chi connectivity index (χ1n) is 12.5. The van der Waals surface area contributed by atoms with Crippen molar-refractivity contribution in [3.63, 3.8) is 0 Å². The zero-order chi connectivity index (χ0) is 25.2. The largest absolute Gasteiger partial charge is 0.396 e. The molecule has 7 nitrogen and oxygen atoms in total. The minimum Gasteiger partial charge on any atom is -0.396 e. The number of likely N-dealkylation sites (tertiary alicyclic amines) is 1. The number of rotatable bonds is 7. The van der Waals surface area contributed by atoms with E-state index in [1.54, 1.807) is 11.0 Å². The molecule has 3 aromatic rings. The van der Waals surface area contributed by atoms with Crippen LogP contribution in [0.15, 0.2) is 42.5 Å². The summed E-state index contributed by atoms with van der Waals surface area (Å²) < 4.78 is 16.5. The van der Waals surface area contributed by atoms with Gasteiger partial charge in [-0.2, -0.15) is 0 Å². The molecule has 1 atom stereocenters. The van der Waals surface area contributed by atoms with Crippen molar-refractivity contribution in [2.24, 2.45) is 5.73 Å². The highest BCUT2D eigenvalue weighted by Gasteiger charge is 2.30. The molecule has 5 rings (SSSR count). The van der Waals surface area contributed by atoms with E-state index in [1.165, 1.54) is 30.5 Å². The number of imidazole rings is 1. The van der Waals surface area contributed by atoms with Crippen molar-refractivity contribution >= 4 is 11.6 Å². The maximum Gasteiger partial charge on any atom is 0.274 e. The lowest BCUT2D eigenvalue weighted by Crippen LogP contribution is -2.46. The van der Waals surface area contributed by atoms with Crippen LogP contribution in [-0.4, -0.2) is 51.2 Å². The number of halogens is 1. The second-order valence-corrected chi connectivity index (χ2v) is 9.69. The Morgan fingerprint density at radius 1 is 1.19 bits per heavy atom. The molecule has 0 spiro atoms. The first-order valence-corrected chi connectivity index (χ1v) is 12.5. The minimum absolute atomic E-state index is 0.0301. The summed E-state index contributed by atoms with van der Waals surface area (Å²) in [6.07, 6.45) is 4.98. The lowest BCUT2D eigenvalue weighted by molar-refractivity contribution is 0.0702. The second kappa shape index (κ2) is 10.2. The number of piperidine rings is 1. The standard InChI is InChI=1S/C28H30FN5O2/c1-31-24-13-10-20(16-23(24)29)27-32-26(28(36)33-14-2-4-21(30)17-33)25(5-3-15-35)34(27)22-11-8-19(9-12-22)18-6-7-18/h8-13,16,18,21,35H,2-7,14-15,17,30H2/t21-/m1/s1. The molecule has 2 aliphatic rings. The average Bonchev–Trinajstić information content (AvgIpc) is 3.67. The van der Waals surface area contributed by atoms with Crippen molar-refractivity contribution in [1.82, 2.24) is 14.5 Å². The Labute approximate surface area is 210 Å². The molecule has 0 bridgehead atoms. The number of hydrogen-bond acceptors (Lipinski definition) is 4. The second-order valence-electron chi connectivity index (χ2n) is 9.69. The number of benzene rings is 2. The summed E-state index contributed by atoms with van der Waals surface area (Å²) in [6.45, 7) is 8.22. The molecule has 1 aliphatic carbocycles. The fourth-order valence-corrected chi connectivity index (χ4v) is 4.97. The molecule has 1 aliphatic heterocycles. The molecule has 8 heteroatoms. The Bertz CT molecular complexity index is 1310. The van der Waals surface area contributed by atoms with Crippen molar-refractivity contribution in [1.29, 1.82) is 0 Å². The molecule has 36 heavy (non-hydrogen) atoms. The third-order valence-electron chi connectivity index (χ3n) is 7.02. The van der Waals surface area contributed by atoms with Crippen LogP contribution in [0, 0.1) is 12.4 Å². The molecule has 2 fully saturated rings. The van der Waals surface area contributed by atoms with Crippen molar-refractivity contribution in [3.05, 3.63) is 76.7 Å². The van der Waals surface area contributed by atoms with Crippen LogP contribution in [0.3, 0.4) is 0 Å². The molecular weight excluding hydrogens is 457 g/mol. The van der Waals surface area contributed by atoms with Crippen LogP contribution in [0.4, 0.5) is 10.1 Å². The van der Waals surface area contributed by atoms with Crippen LogP contribution in [0.25, 0.3) is 21.9 Å². The molecule has 1 saturated carbocycles. The Hall–Kier alpha value is -3.54. The van der Waals surface area contributed by atoms with Gasteiger partial charge >= 0.3 is 0 Å². The lowest BCUT2D eigenvalue weighted by Gasteiger charge is -2.30. The number of aromatic nitrogens is 2. The number of amides is 1. The van der Waals surface area contributed by atoms with E-state index < -0.39 is 5.82 Å². The highest BCUT2D eigenvalue weighted by molar-refractivity contribution is 5.95. The Balaban J connectivity index is 1.66. The van der Waals surface area contributed by atoms with E-state index in [0.717, 1.165) is 18.5 Å². The topological polar surface area (TPSA) is 88.7 Å². The molecule has 0 radical (unpaired) electrons. The van der Waals surface area contributed by atoms with Gasteiger partial charge in [0.05, 0.1) is 12.3 Å². The number of aliphatic hydroxyl groups is 1. The molecule has 0 unspecified atom stereocenters. The fraction of sp³-hybridized carbons (Fsp3) is 0.393. The molecule has 1 saturated heterocycles. The molecule has 1 amide bonds. The Morgan fingerprint density at radius 2 is 1.97 bits per heavy atom. The van der Waals surface area contributed by atoms with Gasteiger partial charge in [0.2, 0.25) is 5.69 Å². The lowest BCUT2D eigenvalue weighted by atomic mass is 10.1. The Kier molecular flexibility index (Phi) is 6.86. The highest BCUT2D eigenvalue weighted by atomic mass is 19.1. The third-order valence-corrected chi connectivity index (χ3v) is 7.02. The van der Waals surface area contributed by atoms with E-state index in [1.807, 2.05) is 16.7 Å². The van der Waals surface area contributed by atoms with Gasteiger partial charge in [-0.05, 0) is 68.2 Å². The van der Waals surface area contributed by atoms with Gasteiger partial charge in [0.15, 0.2) is 5.69 Å². The summed E-state index contributed by atoms with van der Waals surface area (Å²) in [7, 11) is 0. The Morgan fingerprint density at radius 3 is 2.61 bits per heavy atom. The maximum absolute atomic E-state index is 14.6. The first-order chi connectivity index (χ1) is 17.5. The smallest absolute Gasteiger partial charge is 0.274 e. The SMILES string of the molecule is [C-]#[N+]c1ccc(-c2nc(C(=O)N3CCC[C@@H](N)C3)c(CCCO)n2-c2ccc(C3CC3)cc2)cc1F. The van der Waals surface area contributed by atoms with E-state index >= 15 is 0 Å². The fourth-order valence-electron chi connectivity index (χ4n) is 4.97. The molecular formula is C28H30FN5O2. The number of carbonyl (C=O) groups excluding carboxylic acids is 1. The van der Waals surface area contributed by atoms with Crippen molar-refractivity contribution in [3.8, 4) is 17.1 Å². The van der Waals surface area contributed by atoms with E-state index in [9.17, 15) is 14.3 Å². The maximum atomic E-state index is 14.6. The quantitative estimate of drug-likeness (QED) is 0.477. The van der Waals surface area contributed by atoms with Crippen LogP contribution in [-0.2, 0) is 6.42 Å². The highest BCUT2D eigenvalue weighted by Crippen LogP contribution is 2.40. The molecule has 2 heterocycles. The van der Waals surface area contributed by atoms with Crippen molar-refractivity contribution in [2.45, 2.75) is 50.5 Å². The van der Waals surface area contributed by atoms with Crippen molar-refractivity contribution in [2.75, 3.05) is 19.7 Å². The van der Waals surface area contributed by atoms with Gasteiger partial charge in [0, 0.05) is 37.0 Å². The van der Waals surface area contributed by atoms with E-state index in [0.29, 0.717) is 54.6 Å². The van der Waals surface area contributed by atoms with Gasteiger partial charge in [0.1, 0.15) is 11.6 Å². The van der Waals surface area contributed by atoms with Gasteiger partial charge in [-0.1, -0.05) is 24.3 Å². The average molecular weight is 488 g/mol. The van der Waals surface area contributed by atoms with Gasteiger partial charge in [0.25, 0.3) is 5.91 Å². The minimum atomic E-state index is -0.632. The summed E-state index contributed by atoms with van der Waals surface area (Å²) >= 11 is 0. The number of aliphatic hydroxyl groups excluding tert-OH is 1. The van der Waals surface area contributed by atoms with Gasteiger partial charge < -0.3 is 15.7 Å². The predicted octanol–water partition coefficient (Wildman–Crippen LogP) is 4.59. The summed E-state index contributed by atoms with van der Waals surface area (Å²) in [5.74, 6) is 0.201. The summed E-state index contributed by atoms with van der Waals surface area (Å²) in [6, 6.07) is 12.5. The normalized spacial score (nSPS) is 17.7. The number of nitrogens with two attached hydrogens (primary N) is 1. The van der Waals surface area contributed by atoms with Crippen LogP contribution in [0.5, 0.6) is 0 Å². The third kappa shape index (κ3) is 4.77. The number of nitrogens with zero attached hydrogens (tertiary/aromatic N) is 4. The zero-order valence-electron chi connectivity index (χ0n) is 20.2. The number of carbonyl (C=O) groups is 1. The van der Waals surface area contributed by atoms with Gasteiger partial charge in [-0.25, -0.2) is 14.2 Å². The summed E-state index contributed by atoms with van der Waals surface area (Å²) in [5.41, 5.74) is 9.63. The van der Waals surface area contributed by atoms with Crippen LogP contribution < -0.4 is 5.73 Å². The van der Waals surface area contributed by atoms with E-state index in [2.05, 4.69) is 17.0 Å². The molecule has 2 aromatic carbocycles. The molecule has 186 valence electrons. The number of hydrogen-bond donors (Lipinski definition) is 2. The summed E-state index contributed by atoms with van der Waals surface area (Å²) in [4.78, 5) is 23.4. The monoisotopic (exact) mass is 487 g/mol. The zero-order valence-corrected chi connectivity index (χ0v) is 20.2. The summed E-state index contributed by atoms with van der Waals surface area (Å²) in [5, 5.41) is 9.60. The van der Waals surface area contributed by atoms with Crippen LogP contribution in [0.2, 0.25) is 0 Å². The van der Waals surface area contributed by atoms with E-state index in [4.69, 9.17) is 17.3 Å².